The van der Waals surface area contributed by atoms with E-state index in [0.717, 1.165) is 5.56 Å². The summed E-state index contributed by atoms with van der Waals surface area (Å²) in [4.78, 5) is 34.5. The van der Waals surface area contributed by atoms with Crippen LogP contribution in [-0.2, 0) is 6.54 Å². The van der Waals surface area contributed by atoms with Crippen molar-refractivity contribution in [2.75, 3.05) is 7.05 Å². The van der Waals surface area contributed by atoms with Gasteiger partial charge in [-0.15, -0.1) is 5.10 Å². The third kappa shape index (κ3) is 4.26. The van der Waals surface area contributed by atoms with E-state index in [1.165, 1.54) is 22.9 Å². The van der Waals surface area contributed by atoms with Gasteiger partial charge in [-0.25, -0.2) is 4.68 Å². The molecule has 0 aliphatic heterocycles. The number of aromatic nitrogens is 3. The smallest absolute Gasteiger partial charge is 0.274 e. The number of benzene rings is 2. The molecule has 1 heterocycles. The minimum Gasteiger partial charge on any atom is -0.355 e. The molecule has 10 nitrogen and oxygen atoms in total. The van der Waals surface area contributed by atoms with Crippen LogP contribution in [0.15, 0.2) is 48.5 Å². The maximum absolute atomic E-state index is 12.5. The molecule has 0 fully saturated rings. The van der Waals surface area contributed by atoms with Crippen LogP contribution >= 0.6 is 0 Å². The summed E-state index contributed by atoms with van der Waals surface area (Å²) < 4.78 is 1.38. The fourth-order valence-corrected chi connectivity index (χ4v) is 2.71. The summed E-state index contributed by atoms with van der Waals surface area (Å²) >= 11 is 0. The lowest BCUT2D eigenvalue weighted by Gasteiger charge is -2.06. The first-order valence-corrected chi connectivity index (χ1v) is 8.67. The number of non-ortho nitro benzene ring substituents is 1. The molecule has 0 saturated carbocycles. The lowest BCUT2D eigenvalue weighted by atomic mass is 10.1. The van der Waals surface area contributed by atoms with Crippen LogP contribution in [-0.4, -0.2) is 38.8 Å². The Labute approximate surface area is 165 Å². The monoisotopic (exact) mass is 394 g/mol. The average Bonchev–Trinajstić information content (AvgIpc) is 3.13. The molecule has 0 atom stereocenters. The van der Waals surface area contributed by atoms with E-state index in [1.807, 2.05) is 0 Å². The van der Waals surface area contributed by atoms with Gasteiger partial charge in [0, 0.05) is 31.3 Å². The van der Waals surface area contributed by atoms with Crippen molar-refractivity contribution in [3.8, 4) is 5.69 Å². The number of carbonyl (C=O) groups is 2. The molecule has 3 rings (SSSR count). The molecule has 2 amide bonds. The topological polar surface area (TPSA) is 132 Å². The Kier molecular flexibility index (Phi) is 5.63. The Hall–Kier alpha value is -4.08. The van der Waals surface area contributed by atoms with E-state index in [2.05, 4.69) is 20.9 Å². The molecule has 0 aliphatic rings. The highest BCUT2D eigenvalue weighted by Crippen LogP contribution is 2.18. The van der Waals surface area contributed by atoms with Gasteiger partial charge in [0.15, 0.2) is 5.69 Å². The Morgan fingerprint density at radius 3 is 2.52 bits per heavy atom. The summed E-state index contributed by atoms with van der Waals surface area (Å²) in [6.07, 6.45) is 0. The Bertz CT molecular complexity index is 1070. The molecule has 1 aromatic heterocycles. The van der Waals surface area contributed by atoms with Gasteiger partial charge in [0.05, 0.1) is 16.3 Å². The van der Waals surface area contributed by atoms with E-state index in [1.54, 1.807) is 44.3 Å². The van der Waals surface area contributed by atoms with Gasteiger partial charge >= 0.3 is 0 Å². The van der Waals surface area contributed by atoms with Crippen molar-refractivity contribution in [1.29, 1.82) is 0 Å². The van der Waals surface area contributed by atoms with E-state index < -0.39 is 10.8 Å². The van der Waals surface area contributed by atoms with Crippen LogP contribution in [0.25, 0.3) is 5.69 Å². The van der Waals surface area contributed by atoms with E-state index in [9.17, 15) is 19.7 Å². The van der Waals surface area contributed by atoms with Crippen molar-refractivity contribution in [1.82, 2.24) is 25.6 Å². The number of nitro benzene ring substituents is 1. The van der Waals surface area contributed by atoms with Crippen LogP contribution in [0.1, 0.15) is 32.1 Å². The van der Waals surface area contributed by atoms with Gasteiger partial charge in [0.2, 0.25) is 0 Å². The highest BCUT2D eigenvalue weighted by atomic mass is 16.6. The Balaban J connectivity index is 1.72. The lowest BCUT2D eigenvalue weighted by molar-refractivity contribution is -0.384. The predicted molar refractivity (Wildman–Crippen MR) is 104 cm³/mol. The van der Waals surface area contributed by atoms with Gasteiger partial charge in [0.25, 0.3) is 17.5 Å². The van der Waals surface area contributed by atoms with Crippen LogP contribution < -0.4 is 10.6 Å². The molecule has 0 unspecified atom stereocenters. The number of hydrogen-bond acceptors (Lipinski definition) is 6. The largest absolute Gasteiger partial charge is 0.355 e. The second-order valence-electron chi connectivity index (χ2n) is 6.17. The Morgan fingerprint density at radius 1 is 1.14 bits per heavy atom. The molecule has 2 N–H and O–H groups in total. The van der Waals surface area contributed by atoms with Crippen molar-refractivity contribution in [3.05, 3.63) is 81.2 Å². The van der Waals surface area contributed by atoms with Crippen molar-refractivity contribution in [2.24, 2.45) is 0 Å². The van der Waals surface area contributed by atoms with Crippen LogP contribution in [0.3, 0.4) is 0 Å². The summed E-state index contributed by atoms with van der Waals surface area (Å²) in [6, 6.07) is 12.8. The second kappa shape index (κ2) is 8.30. The maximum atomic E-state index is 12.5. The zero-order valence-electron chi connectivity index (χ0n) is 15.7. The maximum Gasteiger partial charge on any atom is 0.274 e. The fraction of sp³-hybridized carbons (Fsp3) is 0.158. The first-order chi connectivity index (χ1) is 13.9. The van der Waals surface area contributed by atoms with Gasteiger partial charge < -0.3 is 10.6 Å². The van der Waals surface area contributed by atoms with Crippen molar-refractivity contribution >= 4 is 17.5 Å². The predicted octanol–water partition coefficient (Wildman–Crippen LogP) is 1.77. The summed E-state index contributed by atoms with van der Waals surface area (Å²) in [5.74, 6) is -0.608. The molecule has 2 aromatic carbocycles. The molecule has 0 radical (unpaired) electrons. The number of rotatable bonds is 6. The number of nitrogens with zero attached hydrogens (tertiary/aromatic N) is 4. The van der Waals surface area contributed by atoms with Crippen LogP contribution in [0, 0.1) is 17.0 Å². The number of hydrogen-bond donors (Lipinski definition) is 2. The van der Waals surface area contributed by atoms with Crippen molar-refractivity contribution in [3.63, 3.8) is 0 Å². The normalized spacial score (nSPS) is 10.4. The van der Waals surface area contributed by atoms with Gasteiger partial charge in [-0.2, -0.15) is 0 Å². The molecule has 0 spiro atoms. The van der Waals surface area contributed by atoms with Gasteiger partial charge in [-0.05, 0) is 30.7 Å². The molecule has 148 valence electrons. The van der Waals surface area contributed by atoms with E-state index in [4.69, 9.17) is 0 Å². The molecular formula is C19H18N6O4. The highest BCUT2D eigenvalue weighted by molar-refractivity contribution is 5.94. The fourth-order valence-electron chi connectivity index (χ4n) is 2.71. The molecule has 0 bridgehead atoms. The summed E-state index contributed by atoms with van der Waals surface area (Å²) in [7, 11) is 1.56. The molecule has 0 saturated heterocycles. The van der Waals surface area contributed by atoms with E-state index in [-0.39, 0.29) is 23.8 Å². The van der Waals surface area contributed by atoms with Gasteiger partial charge in [-0.3, -0.25) is 19.7 Å². The summed E-state index contributed by atoms with van der Waals surface area (Å²) in [5, 5.41) is 24.1. The Morgan fingerprint density at radius 2 is 1.86 bits per heavy atom. The standard InChI is InChI=1S/C19H18N6O4/c1-12-17(22-23-24(12)15-4-3-5-16(10-15)25(28)29)19(27)21-11-13-6-8-14(9-7-13)18(26)20-2/h3-10H,11H2,1-2H3,(H,20,26)(H,21,27). The van der Waals surface area contributed by atoms with Crippen molar-refractivity contribution < 1.29 is 14.5 Å². The minimum atomic E-state index is -0.501. The third-order valence-corrected chi connectivity index (χ3v) is 4.29. The van der Waals surface area contributed by atoms with Crippen molar-refractivity contribution in [2.45, 2.75) is 13.5 Å². The lowest BCUT2D eigenvalue weighted by Crippen LogP contribution is -2.24. The number of amides is 2. The number of carbonyl (C=O) groups excluding carboxylic acids is 2. The summed E-state index contributed by atoms with van der Waals surface area (Å²) in [6.45, 7) is 1.90. The number of nitro groups is 1. The number of nitrogens with one attached hydrogen (secondary N) is 2. The van der Waals surface area contributed by atoms with Gasteiger partial charge in [-0.1, -0.05) is 23.4 Å². The molecule has 3 aromatic rings. The zero-order valence-corrected chi connectivity index (χ0v) is 15.7. The quantitative estimate of drug-likeness (QED) is 0.484. The van der Waals surface area contributed by atoms with E-state index in [0.29, 0.717) is 16.9 Å². The molecule has 29 heavy (non-hydrogen) atoms. The van der Waals surface area contributed by atoms with Gasteiger partial charge in [0.1, 0.15) is 0 Å². The first-order valence-electron chi connectivity index (χ1n) is 8.67. The zero-order chi connectivity index (χ0) is 21.0. The van der Waals surface area contributed by atoms with E-state index >= 15 is 0 Å². The van der Waals surface area contributed by atoms with Crippen LogP contribution in [0.5, 0.6) is 0 Å². The second-order valence-corrected chi connectivity index (χ2v) is 6.17. The molecular weight excluding hydrogens is 376 g/mol. The highest BCUT2D eigenvalue weighted by Gasteiger charge is 2.18. The first kappa shape index (κ1) is 19.7. The van der Waals surface area contributed by atoms with Crippen LogP contribution in [0.2, 0.25) is 0 Å². The minimum absolute atomic E-state index is 0.0800. The SMILES string of the molecule is CNC(=O)c1ccc(CNC(=O)c2nnn(-c3cccc([N+](=O)[O-])c3)c2C)cc1. The van der Waals surface area contributed by atoms with Crippen LogP contribution in [0.4, 0.5) is 5.69 Å². The summed E-state index contributed by atoms with van der Waals surface area (Å²) in [5.41, 5.74) is 2.28. The average molecular weight is 394 g/mol. The molecule has 0 aliphatic carbocycles. The molecule has 10 heteroatoms. The third-order valence-electron chi connectivity index (χ3n) is 4.29.